The van der Waals surface area contributed by atoms with Crippen LogP contribution in [0.3, 0.4) is 0 Å². The molecule has 1 heterocycles. The van der Waals surface area contributed by atoms with E-state index in [0.717, 1.165) is 34.0 Å². The summed E-state index contributed by atoms with van der Waals surface area (Å²) in [5.41, 5.74) is 3.17. The number of aromatic nitrogens is 2. The van der Waals surface area contributed by atoms with Gasteiger partial charge in [-0.15, -0.1) is 5.10 Å². The van der Waals surface area contributed by atoms with Gasteiger partial charge in [0, 0.05) is 24.7 Å². The Morgan fingerprint density at radius 2 is 1.41 bits per heavy atom. The Balaban J connectivity index is 1.95. The Kier molecular flexibility index (Phi) is 8.63. The topological polar surface area (TPSA) is 76.6 Å². The highest BCUT2D eigenvalue weighted by atomic mass is 32.2. The predicted octanol–water partition coefficient (Wildman–Crippen LogP) is 4.81. The van der Waals surface area contributed by atoms with Gasteiger partial charge >= 0.3 is 0 Å². The van der Waals surface area contributed by atoms with Crippen molar-refractivity contribution in [3.8, 4) is 11.5 Å². The molecule has 3 rings (SSSR count). The van der Waals surface area contributed by atoms with E-state index in [1.54, 1.807) is 20.4 Å². The summed E-state index contributed by atoms with van der Waals surface area (Å²) in [5.74, 6) is 2.38. The smallest absolute Gasteiger partial charge is 0.156 e. The van der Waals surface area contributed by atoms with Crippen LogP contribution in [0.4, 0.5) is 5.82 Å². The van der Waals surface area contributed by atoms with Crippen LogP contribution < -0.4 is 19.1 Å². The van der Waals surface area contributed by atoms with Crippen LogP contribution in [0.1, 0.15) is 50.4 Å². The molecule has 0 aliphatic rings. The number of nitrogens with zero attached hydrogens (tertiary/aromatic N) is 3. The molecule has 0 saturated heterocycles. The van der Waals surface area contributed by atoms with Crippen molar-refractivity contribution in [1.29, 1.82) is 0 Å². The van der Waals surface area contributed by atoms with Crippen molar-refractivity contribution in [2.45, 2.75) is 51.6 Å². The molecule has 0 radical (unpaired) electrons. The maximum absolute atomic E-state index is 12.8. The minimum absolute atomic E-state index is 0.181. The summed E-state index contributed by atoms with van der Waals surface area (Å²) in [7, 11) is 2.10. The lowest BCUT2D eigenvalue weighted by atomic mass is 10.1. The van der Waals surface area contributed by atoms with Crippen molar-refractivity contribution in [3.05, 3.63) is 77.5 Å². The van der Waals surface area contributed by atoms with Gasteiger partial charge in [-0.1, -0.05) is 24.3 Å². The predicted molar refractivity (Wildman–Crippen MR) is 137 cm³/mol. The van der Waals surface area contributed by atoms with E-state index in [2.05, 4.69) is 19.8 Å². The lowest BCUT2D eigenvalue weighted by molar-refractivity contribution is 0.414. The quantitative estimate of drug-likeness (QED) is 0.447. The normalized spacial score (nSPS) is 13.2. The zero-order chi connectivity index (χ0) is 24.7. The first-order valence-electron chi connectivity index (χ1n) is 11.2. The molecule has 0 fully saturated rings. The molecule has 2 aromatic carbocycles. The molecule has 1 aromatic heterocycles. The zero-order valence-corrected chi connectivity index (χ0v) is 21.6. The Bertz CT molecular complexity index is 1030. The summed E-state index contributed by atoms with van der Waals surface area (Å²) in [6, 6.07) is 17.8. The van der Waals surface area contributed by atoms with Gasteiger partial charge in [-0.05, 0) is 69.2 Å². The molecular weight excluding hydrogens is 448 g/mol. The molecule has 0 amide bonds. The summed E-state index contributed by atoms with van der Waals surface area (Å²) in [6.45, 7) is 9.10. The molecule has 34 heavy (non-hydrogen) atoms. The fourth-order valence-electron chi connectivity index (χ4n) is 3.43. The van der Waals surface area contributed by atoms with Gasteiger partial charge in [-0.25, -0.2) is 8.93 Å². The van der Waals surface area contributed by atoms with E-state index < -0.39 is 11.0 Å². The number of nitrogens with one attached hydrogen (secondary N) is 1. The van der Waals surface area contributed by atoms with E-state index in [-0.39, 0.29) is 10.8 Å². The van der Waals surface area contributed by atoms with Crippen LogP contribution in [0, 0.1) is 0 Å². The third-order valence-corrected chi connectivity index (χ3v) is 7.08. The highest BCUT2D eigenvalue weighted by molar-refractivity contribution is 7.84. The summed E-state index contributed by atoms with van der Waals surface area (Å²) in [5, 5.41) is 8.70. The van der Waals surface area contributed by atoms with E-state index in [0.29, 0.717) is 13.1 Å². The third-order valence-electron chi connectivity index (χ3n) is 5.40. The van der Waals surface area contributed by atoms with Crippen molar-refractivity contribution < 1.29 is 13.7 Å². The van der Waals surface area contributed by atoms with Crippen molar-refractivity contribution in [2.75, 3.05) is 19.1 Å². The Morgan fingerprint density at radius 1 is 0.912 bits per heavy atom. The number of anilines is 1. The van der Waals surface area contributed by atoms with E-state index in [9.17, 15) is 4.21 Å². The van der Waals surface area contributed by atoms with Crippen LogP contribution >= 0.6 is 0 Å². The first-order valence-corrected chi connectivity index (χ1v) is 12.4. The second-order valence-electron chi connectivity index (χ2n) is 9.08. The molecule has 0 saturated carbocycles. The van der Waals surface area contributed by atoms with Crippen molar-refractivity contribution in [2.24, 2.45) is 0 Å². The molecule has 0 unspecified atom stereocenters. The highest BCUT2D eigenvalue weighted by Crippen LogP contribution is 2.28. The van der Waals surface area contributed by atoms with Gasteiger partial charge in [0.05, 0.1) is 36.1 Å². The number of ether oxygens (including phenoxy) is 2. The molecule has 3 aromatic rings. The van der Waals surface area contributed by atoms with Crippen molar-refractivity contribution >= 4 is 16.8 Å². The molecule has 0 aliphatic heterocycles. The largest absolute Gasteiger partial charge is 0.497 e. The molecular formula is C26H34N4O3S. The average molecular weight is 483 g/mol. The standard InChI is InChI=1S/C26H34N4O3S/c1-19(29-34(31)26(2,3)4)24-15-16-27-28-25(24)30(17-20-7-11-22(32-5)12-8-20)18-21-9-13-23(33-6)14-10-21/h7-16,19,29H,17-18H2,1-6H3/t19-,34+/m1/s1. The van der Waals surface area contributed by atoms with Crippen LogP contribution in [-0.4, -0.2) is 33.4 Å². The van der Waals surface area contributed by atoms with Gasteiger partial charge in [-0.3, -0.25) is 0 Å². The first kappa shape index (κ1) is 25.6. The Hall–Kier alpha value is -2.97. The number of methoxy groups -OCH3 is 2. The second kappa shape index (κ2) is 11.4. The third kappa shape index (κ3) is 6.77. The van der Waals surface area contributed by atoms with E-state index in [1.165, 1.54) is 0 Å². The number of hydrogen-bond acceptors (Lipinski definition) is 6. The molecule has 0 aliphatic carbocycles. The number of benzene rings is 2. The molecule has 8 heteroatoms. The monoisotopic (exact) mass is 482 g/mol. The van der Waals surface area contributed by atoms with Crippen molar-refractivity contribution in [1.82, 2.24) is 14.9 Å². The van der Waals surface area contributed by atoms with Gasteiger partial charge in [0.25, 0.3) is 0 Å². The minimum atomic E-state index is -1.22. The van der Waals surface area contributed by atoms with Gasteiger partial charge in [0.15, 0.2) is 5.82 Å². The lowest BCUT2D eigenvalue weighted by Gasteiger charge is -2.28. The summed E-state index contributed by atoms with van der Waals surface area (Å²) < 4.78 is 26.2. The minimum Gasteiger partial charge on any atom is -0.497 e. The highest BCUT2D eigenvalue weighted by Gasteiger charge is 2.25. The van der Waals surface area contributed by atoms with Crippen LogP contribution in [0.2, 0.25) is 0 Å². The van der Waals surface area contributed by atoms with Crippen LogP contribution in [0.15, 0.2) is 60.8 Å². The van der Waals surface area contributed by atoms with Gasteiger partial charge in [0.2, 0.25) is 0 Å². The number of hydrogen-bond donors (Lipinski definition) is 1. The van der Waals surface area contributed by atoms with E-state index in [1.807, 2.05) is 82.3 Å². The maximum Gasteiger partial charge on any atom is 0.156 e. The van der Waals surface area contributed by atoms with Crippen LogP contribution in [0.25, 0.3) is 0 Å². The maximum atomic E-state index is 12.8. The molecule has 7 nitrogen and oxygen atoms in total. The first-order chi connectivity index (χ1) is 16.2. The molecule has 0 spiro atoms. The molecule has 0 bridgehead atoms. The second-order valence-corrected chi connectivity index (χ2v) is 11.1. The van der Waals surface area contributed by atoms with Crippen molar-refractivity contribution in [3.63, 3.8) is 0 Å². The number of rotatable bonds is 10. The lowest BCUT2D eigenvalue weighted by Crippen LogP contribution is -2.35. The van der Waals surface area contributed by atoms with Gasteiger partial charge < -0.3 is 14.4 Å². The Labute approximate surface area is 205 Å². The Morgan fingerprint density at radius 3 is 1.85 bits per heavy atom. The van der Waals surface area contributed by atoms with E-state index in [4.69, 9.17) is 9.47 Å². The van der Waals surface area contributed by atoms with Gasteiger partial charge in [-0.2, -0.15) is 5.10 Å². The molecule has 182 valence electrons. The fraction of sp³-hybridized carbons (Fsp3) is 0.385. The van der Waals surface area contributed by atoms with Crippen LogP contribution in [-0.2, 0) is 24.1 Å². The SMILES string of the molecule is COc1ccc(CN(Cc2ccc(OC)cc2)c2nnccc2[C@@H](C)N[S@@](=O)C(C)(C)C)cc1. The molecule has 1 N–H and O–H groups in total. The summed E-state index contributed by atoms with van der Waals surface area (Å²) in [4.78, 5) is 2.18. The van der Waals surface area contributed by atoms with E-state index >= 15 is 0 Å². The van der Waals surface area contributed by atoms with Crippen LogP contribution in [0.5, 0.6) is 11.5 Å². The average Bonchev–Trinajstić information content (AvgIpc) is 2.84. The zero-order valence-electron chi connectivity index (χ0n) is 20.7. The summed E-state index contributed by atoms with van der Waals surface area (Å²) >= 11 is 0. The molecule has 2 atom stereocenters. The summed E-state index contributed by atoms with van der Waals surface area (Å²) in [6.07, 6.45) is 1.68. The fourth-order valence-corrected chi connectivity index (χ4v) is 4.23. The van der Waals surface area contributed by atoms with Gasteiger partial charge in [0.1, 0.15) is 11.5 Å².